The van der Waals surface area contributed by atoms with Gasteiger partial charge in [0.15, 0.2) is 0 Å². The number of rotatable bonds is 9. The van der Waals surface area contributed by atoms with Crippen molar-refractivity contribution in [1.29, 1.82) is 0 Å². The van der Waals surface area contributed by atoms with Crippen LogP contribution in [0, 0.1) is 5.82 Å². The molecule has 0 aliphatic rings. The van der Waals surface area contributed by atoms with Gasteiger partial charge < -0.3 is 14.1 Å². The zero-order valence-electron chi connectivity index (χ0n) is 16.4. The third-order valence-electron chi connectivity index (χ3n) is 4.58. The highest BCUT2D eigenvalue weighted by Gasteiger charge is 2.22. The lowest BCUT2D eigenvalue weighted by molar-refractivity contribution is -0.139. The van der Waals surface area contributed by atoms with Crippen LogP contribution in [0.4, 0.5) is 4.39 Å². The van der Waals surface area contributed by atoms with E-state index in [0.29, 0.717) is 22.9 Å². The summed E-state index contributed by atoms with van der Waals surface area (Å²) in [5.41, 5.74) is 1.06. The molecule has 0 saturated carbocycles. The van der Waals surface area contributed by atoms with Crippen LogP contribution in [0.3, 0.4) is 0 Å². The van der Waals surface area contributed by atoms with Crippen LogP contribution in [-0.4, -0.2) is 43.4 Å². The molecule has 8 nitrogen and oxygen atoms in total. The highest BCUT2D eigenvalue weighted by molar-refractivity contribution is 7.89. The largest absolute Gasteiger partial charge is 0.469 e. The van der Waals surface area contributed by atoms with Crippen molar-refractivity contribution in [2.45, 2.75) is 30.3 Å². The quantitative estimate of drug-likeness (QED) is 0.294. The molecular weight excluding hydrogens is 449 g/mol. The van der Waals surface area contributed by atoms with Gasteiger partial charge in [-0.15, -0.1) is 0 Å². The molecule has 3 aromatic rings. The fraction of sp³-hybridized carbons (Fsp3) is 0.250. The molecule has 0 amide bonds. The second kappa shape index (κ2) is 9.54. The Morgan fingerprint density at radius 2 is 2.00 bits per heavy atom. The number of esters is 1. The molecule has 0 radical (unpaired) electrons. The lowest BCUT2D eigenvalue weighted by atomic mass is 10.1. The summed E-state index contributed by atoms with van der Waals surface area (Å²) in [5, 5.41) is 0.872. The fourth-order valence-electron chi connectivity index (χ4n) is 3.14. The maximum Gasteiger partial charge on any atom is 0.310 e. The normalized spacial score (nSPS) is 12.6. The first kappa shape index (κ1) is 22.9. The van der Waals surface area contributed by atoms with Crippen LogP contribution >= 0.6 is 11.6 Å². The monoisotopic (exact) mass is 467 g/mol. The van der Waals surface area contributed by atoms with E-state index < -0.39 is 27.9 Å². The molecule has 11 heteroatoms. The fourth-order valence-corrected chi connectivity index (χ4v) is 4.52. The van der Waals surface area contributed by atoms with Gasteiger partial charge in [0.05, 0.1) is 18.4 Å². The number of hydrogen-bond acceptors (Lipinski definition) is 6. The number of sulfonamides is 1. The predicted octanol–water partition coefficient (Wildman–Crippen LogP) is 2.48. The minimum absolute atomic E-state index is 0.0109. The van der Waals surface area contributed by atoms with Gasteiger partial charge in [-0.2, -0.15) is 0 Å². The average Bonchev–Trinajstić information content (AvgIpc) is 3.04. The van der Waals surface area contributed by atoms with Crippen LogP contribution in [0.2, 0.25) is 5.15 Å². The van der Waals surface area contributed by atoms with E-state index in [4.69, 9.17) is 16.3 Å². The van der Waals surface area contributed by atoms with E-state index in [9.17, 15) is 22.4 Å². The van der Waals surface area contributed by atoms with Crippen LogP contribution in [0.15, 0.2) is 47.5 Å². The van der Waals surface area contributed by atoms with Gasteiger partial charge >= 0.3 is 5.97 Å². The number of nitrogens with one attached hydrogen (secondary N) is 1. The molecule has 0 bridgehead atoms. The standard InChI is InChI=1S/C20H19ClFN3O5S/c1-30-19(27)10-13-11-25(20-17(13)6-7-18(21)23-20)12-15(8-9-26)24-31(28,29)16-4-2-14(22)3-5-16/h2-7,9,11,15,24H,8,10,12H2,1H3. The molecule has 0 spiro atoms. The molecule has 1 unspecified atom stereocenters. The molecule has 0 fully saturated rings. The van der Waals surface area contributed by atoms with Gasteiger partial charge in [0.25, 0.3) is 0 Å². The van der Waals surface area contributed by atoms with E-state index in [1.165, 1.54) is 7.11 Å². The van der Waals surface area contributed by atoms with Crippen molar-refractivity contribution in [3.8, 4) is 0 Å². The number of methoxy groups -OCH3 is 1. The van der Waals surface area contributed by atoms with Crippen LogP contribution in [0.5, 0.6) is 0 Å². The number of carbonyl (C=O) groups excluding carboxylic acids is 2. The van der Waals surface area contributed by atoms with Crippen molar-refractivity contribution >= 4 is 44.9 Å². The molecule has 164 valence electrons. The number of aldehydes is 1. The van der Waals surface area contributed by atoms with Crippen LogP contribution in [0.1, 0.15) is 12.0 Å². The molecule has 3 rings (SSSR count). The van der Waals surface area contributed by atoms with Gasteiger partial charge in [0, 0.05) is 30.6 Å². The van der Waals surface area contributed by atoms with Gasteiger partial charge in [0.1, 0.15) is 22.9 Å². The van der Waals surface area contributed by atoms with Crippen LogP contribution in [-0.2, 0) is 37.3 Å². The number of benzene rings is 1. The molecule has 0 aliphatic carbocycles. The first-order valence-electron chi connectivity index (χ1n) is 9.16. The summed E-state index contributed by atoms with van der Waals surface area (Å²) in [5.74, 6) is -1.02. The summed E-state index contributed by atoms with van der Waals surface area (Å²) in [7, 11) is -2.73. The summed E-state index contributed by atoms with van der Waals surface area (Å²) in [6.07, 6.45) is 2.12. The van der Waals surface area contributed by atoms with Crippen molar-refractivity contribution in [1.82, 2.24) is 14.3 Å². The van der Waals surface area contributed by atoms with Gasteiger partial charge in [-0.05, 0) is 42.0 Å². The number of nitrogens with zero attached hydrogens (tertiary/aromatic N) is 2. The zero-order valence-corrected chi connectivity index (χ0v) is 18.0. The van der Waals surface area contributed by atoms with E-state index in [0.717, 1.165) is 24.3 Å². The van der Waals surface area contributed by atoms with Crippen LogP contribution < -0.4 is 4.72 Å². The summed E-state index contributed by atoms with van der Waals surface area (Å²) in [6, 6.07) is 6.80. The minimum Gasteiger partial charge on any atom is -0.469 e. The van der Waals surface area contributed by atoms with Crippen molar-refractivity contribution in [3.63, 3.8) is 0 Å². The molecule has 2 heterocycles. The third-order valence-corrected chi connectivity index (χ3v) is 6.32. The number of halogens is 2. The molecule has 1 atom stereocenters. The zero-order chi connectivity index (χ0) is 22.6. The van der Waals surface area contributed by atoms with Crippen molar-refractivity contribution < 1.29 is 27.1 Å². The van der Waals surface area contributed by atoms with E-state index >= 15 is 0 Å². The Hall–Kier alpha value is -2.82. The Kier molecular flexibility index (Phi) is 7.04. The summed E-state index contributed by atoms with van der Waals surface area (Å²) in [4.78, 5) is 27.1. The van der Waals surface area contributed by atoms with E-state index in [1.807, 2.05) is 0 Å². The summed E-state index contributed by atoms with van der Waals surface area (Å²) < 4.78 is 47.3. The highest BCUT2D eigenvalue weighted by atomic mass is 35.5. The van der Waals surface area contributed by atoms with Crippen LogP contribution in [0.25, 0.3) is 11.0 Å². The van der Waals surface area contributed by atoms with Crippen molar-refractivity contribution in [2.75, 3.05) is 7.11 Å². The highest BCUT2D eigenvalue weighted by Crippen LogP contribution is 2.24. The molecular formula is C20H19ClFN3O5S. The number of ether oxygens (including phenoxy) is 1. The Morgan fingerprint density at radius 1 is 1.29 bits per heavy atom. The van der Waals surface area contributed by atoms with Gasteiger partial charge in [0.2, 0.25) is 10.0 Å². The maximum atomic E-state index is 13.1. The Bertz CT molecular complexity index is 1210. The molecule has 1 N–H and O–H groups in total. The maximum absolute atomic E-state index is 13.1. The summed E-state index contributed by atoms with van der Waals surface area (Å²) in [6.45, 7) is 0.0458. The third kappa shape index (κ3) is 5.46. The smallest absolute Gasteiger partial charge is 0.310 e. The lowest BCUT2D eigenvalue weighted by Crippen LogP contribution is -2.38. The molecule has 0 saturated heterocycles. The Morgan fingerprint density at radius 3 is 2.65 bits per heavy atom. The number of hydrogen-bond donors (Lipinski definition) is 1. The first-order valence-corrected chi connectivity index (χ1v) is 11.0. The lowest BCUT2D eigenvalue weighted by Gasteiger charge is -2.18. The van der Waals surface area contributed by atoms with Gasteiger partial charge in [-0.3, -0.25) is 4.79 Å². The number of pyridine rings is 1. The topological polar surface area (TPSA) is 107 Å². The van der Waals surface area contributed by atoms with E-state index in [-0.39, 0.29) is 29.4 Å². The average molecular weight is 468 g/mol. The van der Waals surface area contributed by atoms with Crippen molar-refractivity contribution in [3.05, 3.63) is 59.1 Å². The summed E-state index contributed by atoms with van der Waals surface area (Å²) >= 11 is 6.02. The first-order chi connectivity index (χ1) is 14.7. The SMILES string of the molecule is COC(=O)Cc1cn(CC(CC=O)NS(=O)(=O)c2ccc(F)cc2)c2nc(Cl)ccc12. The van der Waals surface area contributed by atoms with Gasteiger partial charge in [-0.25, -0.2) is 22.5 Å². The number of aromatic nitrogens is 2. The van der Waals surface area contributed by atoms with Crippen molar-refractivity contribution in [2.24, 2.45) is 0 Å². The predicted molar refractivity (Wildman–Crippen MR) is 112 cm³/mol. The molecule has 0 aliphatic heterocycles. The Labute approximate surface area is 183 Å². The Balaban J connectivity index is 1.93. The minimum atomic E-state index is -4.01. The number of fused-ring (bicyclic) bond motifs is 1. The second-order valence-electron chi connectivity index (χ2n) is 6.74. The molecule has 2 aromatic heterocycles. The number of carbonyl (C=O) groups is 2. The van der Waals surface area contributed by atoms with Gasteiger partial charge in [-0.1, -0.05) is 11.6 Å². The van der Waals surface area contributed by atoms with E-state index in [1.54, 1.807) is 22.9 Å². The molecule has 1 aromatic carbocycles. The second-order valence-corrected chi connectivity index (χ2v) is 8.84. The van der Waals surface area contributed by atoms with E-state index in [2.05, 4.69) is 9.71 Å². The molecule has 31 heavy (non-hydrogen) atoms.